The van der Waals surface area contributed by atoms with E-state index in [0.29, 0.717) is 24.8 Å². The van der Waals surface area contributed by atoms with Crippen molar-refractivity contribution in [2.75, 3.05) is 13.3 Å². The summed E-state index contributed by atoms with van der Waals surface area (Å²) in [6, 6.07) is 0. The molecule has 0 radical (unpaired) electrons. The van der Waals surface area contributed by atoms with Crippen LogP contribution in [-0.4, -0.2) is 29.8 Å². The van der Waals surface area contributed by atoms with Crippen LogP contribution in [0.15, 0.2) is 34.5 Å². The maximum atomic E-state index is 11.8. The Morgan fingerprint density at radius 1 is 1.24 bits per heavy atom. The van der Waals surface area contributed by atoms with Crippen molar-refractivity contribution < 1.29 is 9.59 Å². The summed E-state index contributed by atoms with van der Waals surface area (Å²) in [6.45, 7) is 0. The Kier molecular flexibility index (Phi) is 3.52. The van der Waals surface area contributed by atoms with Crippen molar-refractivity contribution in [2.24, 2.45) is 0 Å². The number of carbonyl (C=O) groups excluding carboxylic acids is 2. The number of Topliss-reactive ketones (excluding diaryl/α,β-unsaturated/α-hetero) is 2. The minimum absolute atomic E-state index is 0.0119. The molecule has 1 heterocycles. The number of ketones is 2. The highest BCUT2D eigenvalue weighted by Crippen LogP contribution is 2.28. The fourth-order valence-corrected chi connectivity index (χ4v) is 2.64. The average molecular weight is 249 g/mol. The normalized spacial score (nSPS) is 21.1. The van der Waals surface area contributed by atoms with Gasteiger partial charge in [-0.15, -0.1) is 11.8 Å². The first-order chi connectivity index (χ1) is 8.13. The van der Waals surface area contributed by atoms with E-state index in [1.807, 2.05) is 36.6 Å². The van der Waals surface area contributed by atoms with E-state index in [0.717, 1.165) is 10.6 Å². The third kappa shape index (κ3) is 2.36. The smallest absolute Gasteiger partial charge is 0.167 e. The van der Waals surface area contributed by atoms with Crippen LogP contribution in [0.4, 0.5) is 0 Å². The first-order valence-corrected chi connectivity index (χ1v) is 6.83. The summed E-state index contributed by atoms with van der Waals surface area (Å²) in [4.78, 5) is 25.6. The van der Waals surface area contributed by atoms with Crippen LogP contribution < -0.4 is 0 Å². The zero-order valence-corrected chi connectivity index (χ0v) is 10.8. The maximum absolute atomic E-state index is 11.8. The van der Waals surface area contributed by atoms with Crippen LogP contribution in [0.2, 0.25) is 0 Å². The second-order valence-corrected chi connectivity index (χ2v) is 4.97. The molecule has 0 atom stereocenters. The van der Waals surface area contributed by atoms with E-state index in [4.69, 9.17) is 0 Å². The highest BCUT2D eigenvalue weighted by atomic mass is 32.2. The predicted octanol–water partition coefficient (Wildman–Crippen LogP) is 2.27. The largest absolute Gasteiger partial charge is 0.346 e. The molecule has 0 aromatic rings. The number of nitrogens with zero attached hydrogens (tertiary/aromatic N) is 1. The molecule has 90 valence electrons. The summed E-state index contributed by atoms with van der Waals surface area (Å²) >= 11 is 1.60. The number of hydrogen-bond donors (Lipinski definition) is 0. The molecular weight excluding hydrogens is 234 g/mol. The van der Waals surface area contributed by atoms with Crippen molar-refractivity contribution >= 4 is 23.3 Å². The van der Waals surface area contributed by atoms with Crippen LogP contribution in [0.5, 0.6) is 0 Å². The average Bonchev–Trinajstić information content (AvgIpc) is 2.31. The molecule has 1 aliphatic heterocycles. The van der Waals surface area contributed by atoms with Crippen LogP contribution in [0.3, 0.4) is 0 Å². The fourth-order valence-electron chi connectivity index (χ4n) is 2.04. The van der Waals surface area contributed by atoms with E-state index >= 15 is 0 Å². The Balaban J connectivity index is 2.44. The first kappa shape index (κ1) is 12.2. The van der Waals surface area contributed by atoms with Gasteiger partial charge in [0.2, 0.25) is 0 Å². The quantitative estimate of drug-likeness (QED) is 0.528. The predicted molar refractivity (Wildman–Crippen MR) is 69.4 cm³/mol. The van der Waals surface area contributed by atoms with Crippen molar-refractivity contribution in [3.63, 3.8) is 0 Å². The van der Waals surface area contributed by atoms with E-state index in [2.05, 4.69) is 0 Å². The summed E-state index contributed by atoms with van der Waals surface area (Å²) in [7, 11) is 1.95. The van der Waals surface area contributed by atoms with Gasteiger partial charge in [0.15, 0.2) is 11.6 Å². The Morgan fingerprint density at radius 2 is 1.88 bits per heavy atom. The molecule has 4 heteroatoms. The third-order valence-electron chi connectivity index (χ3n) is 2.97. The first-order valence-electron chi connectivity index (χ1n) is 5.61. The number of carbonyl (C=O) groups is 2. The Bertz CT molecular complexity index is 442. The highest BCUT2D eigenvalue weighted by Gasteiger charge is 2.26. The van der Waals surface area contributed by atoms with Crippen molar-refractivity contribution in [1.82, 2.24) is 4.90 Å². The van der Waals surface area contributed by atoms with Gasteiger partial charge in [-0.25, -0.2) is 0 Å². The van der Waals surface area contributed by atoms with Crippen LogP contribution in [0.25, 0.3) is 0 Å². The number of rotatable bonds is 1. The summed E-state index contributed by atoms with van der Waals surface area (Å²) in [5.41, 5.74) is 1.16. The molecule has 0 unspecified atom stereocenters. The molecule has 17 heavy (non-hydrogen) atoms. The molecule has 0 bridgehead atoms. The second kappa shape index (κ2) is 4.92. The molecule has 1 aliphatic carbocycles. The van der Waals surface area contributed by atoms with Crippen molar-refractivity contribution in [3.8, 4) is 0 Å². The van der Waals surface area contributed by atoms with Gasteiger partial charge >= 0.3 is 0 Å². The van der Waals surface area contributed by atoms with E-state index in [1.54, 1.807) is 11.8 Å². The van der Waals surface area contributed by atoms with Gasteiger partial charge in [0, 0.05) is 26.1 Å². The minimum atomic E-state index is -0.0119. The van der Waals surface area contributed by atoms with Crippen LogP contribution in [0.1, 0.15) is 19.3 Å². The van der Waals surface area contributed by atoms with Gasteiger partial charge in [0.05, 0.1) is 10.6 Å². The van der Waals surface area contributed by atoms with E-state index < -0.39 is 0 Å². The molecule has 0 aromatic heterocycles. The van der Waals surface area contributed by atoms with Gasteiger partial charge in [-0.05, 0) is 30.4 Å². The van der Waals surface area contributed by atoms with Crippen molar-refractivity contribution in [3.05, 3.63) is 34.5 Å². The van der Waals surface area contributed by atoms with Crippen molar-refractivity contribution in [1.29, 1.82) is 0 Å². The zero-order chi connectivity index (χ0) is 12.4. The van der Waals surface area contributed by atoms with Crippen LogP contribution >= 0.6 is 11.8 Å². The molecule has 2 rings (SSSR count). The SMILES string of the molecule is CSC1=CC(=C2C(=O)CCCC2=O)C=CN1C. The van der Waals surface area contributed by atoms with Gasteiger partial charge in [-0.1, -0.05) is 0 Å². The van der Waals surface area contributed by atoms with Gasteiger partial charge in [0.1, 0.15) is 0 Å². The summed E-state index contributed by atoms with van der Waals surface area (Å²) in [5, 5.41) is 1.04. The molecule has 0 aromatic carbocycles. The number of thioether (sulfide) groups is 1. The molecule has 0 spiro atoms. The van der Waals surface area contributed by atoms with Gasteiger partial charge in [-0.3, -0.25) is 9.59 Å². The second-order valence-electron chi connectivity index (χ2n) is 4.14. The third-order valence-corrected chi connectivity index (χ3v) is 3.79. The molecule has 3 nitrogen and oxygen atoms in total. The van der Waals surface area contributed by atoms with Gasteiger partial charge in [-0.2, -0.15) is 0 Å². The molecular formula is C13H15NO2S. The number of allylic oxidation sites excluding steroid dienone is 4. The molecule has 2 aliphatic rings. The Hall–Kier alpha value is -1.29. The maximum Gasteiger partial charge on any atom is 0.167 e. The molecule has 0 amide bonds. The highest BCUT2D eigenvalue weighted by molar-refractivity contribution is 8.02. The summed E-state index contributed by atoms with van der Waals surface area (Å²) in [6.07, 6.45) is 9.32. The van der Waals surface area contributed by atoms with Crippen molar-refractivity contribution in [2.45, 2.75) is 19.3 Å². The standard InChI is InChI=1S/C13H15NO2S/c1-14-7-6-9(8-12(14)17-2)13-10(15)4-3-5-11(13)16/h6-8H,3-5H2,1-2H3. The van der Waals surface area contributed by atoms with E-state index in [9.17, 15) is 9.59 Å². The molecule has 1 fully saturated rings. The monoisotopic (exact) mass is 249 g/mol. The lowest BCUT2D eigenvalue weighted by Gasteiger charge is -2.22. The summed E-state index contributed by atoms with van der Waals surface area (Å²) < 4.78 is 0. The van der Waals surface area contributed by atoms with E-state index in [1.165, 1.54) is 0 Å². The lowest BCUT2D eigenvalue weighted by atomic mass is 9.88. The number of hydrogen-bond acceptors (Lipinski definition) is 4. The summed E-state index contributed by atoms with van der Waals surface area (Å²) in [5.74, 6) is -0.0238. The topological polar surface area (TPSA) is 37.4 Å². The minimum Gasteiger partial charge on any atom is -0.346 e. The molecule has 0 N–H and O–H groups in total. The van der Waals surface area contributed by atoms with Crippen LogP contribution in [0, 0.1) is 0 Å². The lowest BCUT2D eigenvalue weighted by Crippen LogP contribution is -2.21. The lowest BCUT2D eigenvalue weighted by molar-refractivity contribution is -0.123. The fraction of sp³-hybridized carbons (Fsp3) is 0.385. The molecule has 0 saturated heterocycles. The Morgan fingerprint density at radius 3 is 2.47 bits per heavy atom. The van der Waals surface area contributed by atoms with E-state index in [-0.39, 0.29) is 11.6 Å². The Labute approximate surface area is 105 Å². The van der Waals surface area contributed by atoms with Gasteiger partial charge < -0.3 is 4.90 Å². The van der Waals surface area contributed by atoms with Gasteiger partial charge in [0.25, 0.3) is 0 Å². The zero-order valence-electron chi connectivity index (χ0n) is 10.0. The molecule has 1 saturated carbocycles. The van der Waals surface area contributed by atoms with Crippen LogP contribution in [-0.2, 0) is 9.59 Å².